The fourth-order valence-electron chi connectivity index (χ4n) is 2.96. The third-order valence-electron chi connectivity index (χ3n) is 4.00. The van der Waals surface area contributed by atoms with Crippen LogP contribution in [0.25, 0.3) is 0 Å². The summed E-state index contributed by atoms with van der Waals surface area (Å²) in [6.07, 6.45) is 1.60. The molecule has 1 N–H and O–H groups in total. The minimum absolute atomic E-state index is 0.0469. The topological polar surface area (TPSA) is 73.5 Å². The van der Waals surface area contributed by atoms with Gasteiger partial charge in [-0.1, -0.05) is 0 Å². The zero-order valence-electron chi connectivity index (χ0n) is 14.6. The van der Waals surface area contributed by atoms with Gasteiger partial charge in [0, 0.05) is 17.8 Å². The van der Waals surface area contributed by atoms with Crippen molar-refractivity contribution < 1.29 is 18.7 Å². The summed E-state index contributed by atoms with van der Waals surface area (Å²) >= 11 is 0. The van der Waals surface area contributed by atoms with Crippen molar-refractivity contribution in [1.29, 1.82) is 0 Å². The molecule has 0 saturated heterocycles. The van der Waals surface area contributed by atoms with Crippen LogP contribution < -0.4 is 5.32 Å². The maximum Gasteiger partial charge on any atom is 0.355 e. The minimum Gasteiger partial charge on any atom is -0.468 e. The van der Waals surface area contributed by atoms with E-state index < -0.39 is 0 Å². The Bertz CT molecular complexity index is 714. The first-order valence-corrected chi connectivity index (χ1v) is 8.14. The van der Waals surface area contributed by atoms with E-state index in [1.807, 2.05) is 24.5 Å². The van der Waals surface area contributed by atoms with Crippen LogP contribution in [0.5, 0.6) is 0 Å². The van der Waals surface area contributed by atoms with Gasteiger partial charge in [-0.2, -0.15) is 0 Å². The predicted molar refractivity (Wildman–Crippen MR) is 90.3 cm³/mol. The summed E-state index contributed by atoms with van der Waals surface area (Å²) in [6.45, 7) is 8.94. The predicted octanol–water partition coefficient (Wildman–Crippen LogP) is 2.87. The maximum absolute atomic E-state index is 12.6. The van der Waals surface area contributed by atoms with Gasteiger partial charge < -0.3 is 19.0 Å². The minimum atomic E-state index is -0.387. The Hall–Kier alpha value is -2.34. The lowest BCUT2D eigenvalue weighted by Crippen LogP contribution is -2.23. The van der Waals surface area contributed by atoms with E-state index in [2.05, 4.69) is 5.32 Å². The number of hydrogen-bond donors (Lipinski definition) is 1. The molecule has 0 aliphatic carbocycles. The highest BCUT2D eigenvalue weighted by atomic mass is 16.5. The lowest BCUT2D eigenvalue weighted by Gasteiger charge is -2.08. The van der Waals surface area contributed by atoms with Gasteiger partial charge in [0.15, 0.2) is 5.78 Å². The van der Waals surface area contributed by atoms with E-state index in [-0.39, 0.29) is 18.3 Å². The Morgan fingerprint density at radius 3 is 2.62 bits per heavy atom. The quantitative estimate of drug-likeness (QED) is 0.594. The molecular formula is C18H24N2O4. The number of nitrogens with one attached hydrogen (secondary N) is 1. The summed E-state index contributed by atoms with van der Waals surface area (Å²) in [4.78, 5) is 24.8. The van der Waals surface area contributed by atoms with Gasteiger partial charge in [-0.25, -0.2) is 4.79 Å². The van der Waals surface area contributed by atoms with Crippen molar-refractivity contribution in [3.05, 3.63) is 46.7 Å². The van der Waals surface area contributed by atoms with E-state index in [0.717, 1.165) is 11.5 Å². The van der Waals surface area contributed by atoms with Crippen LogP contribution in [0.2, 0.25) is 0 Å². The molecule has 0 radical (unpaired) electrons. The van der Waals surface area contributed by atoms with E-state index in [1.54, 1.807) is 26.2 Å². The number of ketones is 1. The summed E-state index contributed by atoms with van der Waals surface area (Å²) in [7, 11) is 0. The summed E-state index contributed by atoms with van der Waals surface area (Å²) < 4.78 is 12.2. The number of hydrogen-bond acceptors (Lipinski definition) is 5. The molecule has 6 heteroatoms. The van der Waals surface area contributed by atoms with Crippen LogP contribution in [0, 0.1) is 13.8 Å². The number of nitrogens with zero attached hydrogens (tertiary/aromatic N) is 1. The Kier molecular flexibility index (Phi) is 5.98. The first kappa shape index (κ1) is 18.0. The lowest BCUT2D eigenvalue weighted by atomic mass is 10.1. The van der Waals surface area contributed by atoms with E-state index >= 15 is 0 Å². The Labute approximate surface area is 141 Å². The third-order valence-corrected chi connectivity index (χ3v) is 4.00. The highest BCUT2D eigenvalue weighted by molar-refractivity contribution is 6.03. The number of Topliss-reactive ketones (excluding diaryl/α,β-unsaturated/α-hetero) is 1. The molecule has 2 heterocycles. The standard InChI is InChI=1S/C18H24N2O4/c1-5-20-13(4)16(12(3)17(20)18(22)23-6-2)15(21)11-19-10-14-8-7-9-24-14/h7-9,19H,5-6,10-11H2,1-4H3. The number of aromatic nitrogens is 1. The van der Waals surface area contributed by atoms with Gasteiger partial charge in [0.05, 0.1) is 26.0 Å². The molecule has 24 heavy (non-hydrogen) atoms. The van der Waals surface area contributed by atoms with Crippen molar-refractivity contribution >= 4 is 11.8 Å². The summed E-state index contributed by atoms with van der Waals surface area (Å²) in [5, 5.41) is 3.07. The molecule has 0 atom stereocenters. The van der Waals surface area contributed by atoms with E-state index in [4.69, 9.17) is 9.15 Å². The first-order valence-electron chi connectivity index (χ1n) is 8.14. The van der Waals surface area contributed by atoms with E-state index in [1.165, 1.54) is 0 Å². The molecule has 0 aliphatic heterocycles. The average molecular weight is 332 g/mol. The summed E-state index contributed by atoms with van der Waals surface area (Å²) in [5.74, 6) is 0.339. The molecule has 0 aromatic carbocycles. The van der Waals surface area contributed by atoms with Crippen molar-refractivity contribution in [3.63, 3.8) is 0 Å². The Balaban J connectivity index is 2.19. The first-order chi connectivity index (χ1) is 11.5. The Morgan fingerprint density at radius 1 is 1.29 bits per heavy atom. The van der Waals surface area contributed by atoms with Crippen molar-refractivity contribution in [2.45, 2.75) is 40.8 Å². The summed E-state index contributed by atoms with van der Waals surface area (Å²) in [5.41, 5.74) is 2.53. The molecule has 2 aromatic rings. The molecule has 0 amide bonds. The van der Waals surface area contributed by atoms with Crippen molar-refractivity contribution in [3.8, 4) is 0 Å². The monoisotopic (exact) mass is 332 g/mol. The zero-order chi connectivity index (χ0) is 17.7. The van der Waals surface area contributed by atoms with Crippen LogP contribution in [-0.2, 0) is 17.8 Å². The second-order valence-electron chi connectivity index (χ2n) is 5.50. The smallest absolute Gasteiger partial charge is 0.355 e. The van der Waals surface area contributed by atoms with Crippen LogP contribution in [0.3, 0.4) is 0 Å². The van der Waals surface area contributed by atoms with Gasteiger partial charge in [0.2, 0.25) is 0 Å². The molecule has 0 bridgehead atoms. The number of rotatable bonds is 8. The molecule has 0 fully saturated rings. The van der Waals surface area contributed by atoms with Crippen LogP contribution in [-0.4, -0.2) is 29.5 Å². The van der Waals surface area contributed by atoms with E-state index in [0.29, 0.717) is 36.5 Å². The number of carbonyl (C=O) groups excluding carboxylic acids is 2. The molecule has 130 valence electrons. The molecule has 0 spiro atoms. The largest absolute Gasteiger partial charge is 0.468 e. The van der Waals surface area contributed by atoms with Gasteiger partial charge in [-0.05, 0) is 45.4 Å². The fraction of sp³-hybridized carbons (Fsp3) is 0.444. The van der Waals surface area contributed by atoms with Crippen molar-refractivity contribution in [2.24, 2.45) is 0 Å². The zero-order valence-corrected chi connectivity index (χ0v) is 14.6. The van der Waals surface area contributed by atoms with Gasteiger partial charge >= 0.3 is 5.97 Å². The van der Waals surface area contributed by atoms with Crippen LogP contribution >= 0.6 is 0 Å². The number of furan rings is 1. The SMILES string of the molecule is CCOC(=O)c1c(C)c(C(=O)CNCc2ccco2)c(C)n1CC. The molecule has 0 saturated carbocycles. The van der Waals surface area contributed by atoms with Crippen molar-refractivity contribution in [1.82, 2.24) is 9.88 Å². The highest BCUT2D eigenvalue weighted by Gasteiger charge is 2.26. The molecule has 6 nitrogen and oxygen atoms in total. The molecular weight excluding hydrogens is 308 g/mol. The number of esters is 1. The molecule has 0 unspecified atom stereocenters. The van der Waals surface area contributed by atoms with Crippen LogP contribution in [0.4, 0.5) is 0 Å². The van der Waals surface area contributed by atoms with Crippen molar-refractivity contribution in [2.75, 3.05) is 13.2 Å². The third kappa shape index (κ3) is 3.59. The van der Waals surface area contributed by atoms with E-state index in [9.17, 15) is 9.59 Å². The lowest BCUT2D eigenvalue weighted by molar-refractivity contribution is 0.0512. The second kappa shape index (κ2) is 7.97. The molecule has 2 aromatic heterocycles. The molecule has 0 aliphatic rings. The van der Waals surface area contributed by atoms with Gasteiger partial charge in [0.1, 0.15) is 11.5 Å². The fourth-order valence-corrected chi connectivity index (χ4v) is 2.96. The second-order valence-corrected chi connectivity index (χ2v) is 5.50. The summed E-state index contributed by atoms with van der Waals surface area (Å²) in [6, 6.07) is 3.65. The average Bonchev–Trinajstić information content (AvgIpc) is 3.13. The highest BCUT2D eigenvalue weighted by Crippen LogP contribution is 2.23. The van der Waals surface area contributed by atoms with Gasteiger partial charge in [-0.15, -0.1) is 0 Å². The van der Waals surface area contributed by atoms with Gasteiger partial charge in [-0.3, -0.25) is 4.79 Å². The Morgan fingerprint density at radius 2 is 2.04 bits per heavy atom. The molecule has 2 rings (SSSR count). The number of carbonyl (C=O) groups is 2. The van der Waals surface area contributed by atoms with Crippen LogP contribution in [0.1, 0.15) is 51.7 Å². The number of ether oxygens (including phenoxy) is 1. The van der Waals surface area contributed by atoms with Gasteiger partial charge in [0.25, 0.3) is 0 Å². The van der Waals surface area contributed by atoms with Crippen LogP contribution in [0.15, 0.2) is 22.8 Å². The maximum atomic E-state index is 12.6. The normalized spacial score (nSPS) is 10.8.